The number of nitriles is 1. The highest BCUT2D eigenvalue weighted by atomic mass is 16.5. The number of fused-ring (bicyclic) bond motifs is 1. The number of pyridine rings is 1. The van der Waals surface area contributed by atoms with Crippen molar-refractivity contribution in [3.8, 4) is 6.07 Å². The van der Waals surface area contributed by atoms with Gasteiger partial charge in [-0.3, -0.25) is 4.98 Å². The summed E-state index contributed by atoms with van der Waals surface area (Å²) in [4.78, 5) is 6.46. The van der Waals surface area contributed by atoms with Crippen molar-refractivity contribution in [2.45, 2.75) is 19.1 Å². The summed E-state index contributed by atoms with van der Waals surface area (Å²) >= 11 is 0. The first-order valence-corrected chi connectivity index (χ1v) is 7.02. The molecule has 2 atom stereocenters. The number of para-hydroxylation sites is 1. The standard InChI is InChI=1S/C16H17N3O2/c1-11-8-19(9-13(10-20)21-11)16-12(6-17)7-18-15-5-3-2-4-14(15)16/h2-5,7,11,13,20H,8-10H2,1H3. The summed E-state index contributed by atoms with van der Waals surface area (Å²) in [6, 6.07) is 10.0. The first kappa shape index (κ1) is 13.8. The molecule has 0 radical (unpaired) electrons. The van der Waals surface area contributed by atoms with Crippen LogP contribution in [0.5, 0.6) is 0 Å². The second-order valence-corrected chi connectivity index (χ2v) is 5.31. The van der Waals surface area contributed by atoms with Crippen molar-refractivity contribution in [3.63, 3.8) is 0 Å². The van der Waals surface area contributed by atoms with Crippen molar-refractivity contribution < 1.29 is 9.84 Å². The van der Waals surface area contributed by atoms with Gasteiger partial charge in [-0.25, -0.2) is 0 Å². The van der Waals surface area contributed by atoms with E-state index in [1.54, 1.807) is 6.20 Å². The molecule has 1 aliphatic heterocycles. The summed E-state index contributed by atoms with van der Waals surface area (Å²) in [6.07, 6.45) is 1.40. The minimum atomic E-state index is -0.229. The van der Waals surface area contributed by atoms with Gasteiger partial charge in [-0.15, -0.1) is 0 Å². The lowest BCUT2D eigenvalue weighted by atomic mass is 10.1. The highest BCUT2D eigenvalue weighted by Crippen LogP contribution is 2.31. The van der Waals surface area contributed by atoms with Gasteiger partial charge in [-0.2, -0.15) is 5.26 Å². The van der Waals surface area contributed by atoms with Crippen molar-refractivity contribution in [2.75, 3.05) is 24.6 Å². The molecule has 1 aromatic heterocycles. The minimum absolute atomic E-state index is 0.00868. The zero-order valence-corrected chi connectivity index (χ0v) is 11.9. The number of hydrogen-bond donors (Lipinski definition) is 1. The van der Waals surface area contributed by atoms with E-state index in [2.05, 4.69) is 16.0 Å². The Morgan fingerprint density at radius 1 is 1.43 bits per heavy atom. The summed E-state index contributed by atoms with van der Waals surface area (Å²) in [6.45, 7) is 3.22. The third-order valence-electron chi connectivity index (χ3n) is 3.71. The van der Waals surface area contributed by atoms with Gasteiger partial charge in [0, 0.05) is 24.7 Å². The predicted molar refractivity (Wildman–Crippen MR) is 80.1 cm³/mol. The second kappa shape index (κ2) is 5.68. The van der Waals surface area contributed by atoms with Crippen molar-refractivity contribution in [1.82, 2.24) is 4.98 Å². The molecule has 0 saturated carbocycles. The van der Waals surface area contributed by atoms with Gasteiger partial charge >= 0.3 is 0 Å². The van der Waals surface area contributed by atoms with Gasteiger partial charge in [-0.1, -0.05) is 18.2 Å². The maximum atomic E-state index is 9.40. The molecule has 21 heavy (non-hydrogen) atoms. The van der Waals surface area contributed by atoms with E-state index in [0.717, 1.165) is 16.6 Å². The first-order valence-electron chi connectivity index (χ1n) is 7.02. The molecule has 5 heteroatoms. The number of hydrogen-bond acceptors (Lipinski definition) is 5. The minimum Gasteiger partial charge on any atom is -0.394 e. The number of morpholine rings is 1. The van der Waals surface area contributed by atoms with Gasteiger partial charge < -0.3 is 14.7 Å². The van der Waals surface area contributed by atoms with Crippen molar-refractivity contribution >= 4 is 16.6 Å². The number of benzene rings is 1. The number of anilines is 1. The topological polar surface area (TPSA) is 69.4 Å². The third kappa shape index (κ3) is 2.56. The number of rotatable bonds is 2. The van der Waals surface area contributed by atoms with Crippen LogP contribution in [0.4, 0.5) is 5.69 Å². The van der Waals surface area contributed by atoms with E-state index in [-0.39, 0.29) is 18.8 Å². The molecule has 108 valence electrons. The van der Waals surface area contributed by atoms with Crippen LogP contribution in [0.25, 0.3) is 10.9 Å². The lowest BCUT2D eigenvalue weighted by Gasteiger charge is -2.38. The molecule has 1 N–H and O–H groups in total. The fourth-order valence-electron chi connectivity index (χ4n) is 2.88. The smallest absolute Gasteiger partial charge is 0.103 e. The van der Waals surface area contributed by atoms with E-state index in [0.29, 0.717) is 18.7 Å². The summed E-state index contributed by atoms with van der Waals surface area (Å²) in [5.74, 6) is 0. The normalized spacial score (nSPS) is 22.2. The lowest BCUT2D eigenvalue weighted by molar-refractivity contribution is -0.0420. The Bertz CT molecular complexity index is 695. The van der Waals surface area contributed by atoms with Gasteiger partial charge in [-0.05, 0) is 13.0 Å². The van der Waals surface area contributed by atoms with E-state index in [9.17, 15) is 10.4 Å². The second-order valence-electron chi connectivity index (χ2n) is 5.31. The number of nitrogens with zero attached hydrogens (tertiary/aromatic N) is 3. The van der Waals surface area contributed by atoms with Crippen LogP contribution in [-0.2, 0) is 4.74 Å². The van der Waals surface area contributed by atoms with E-state index in [1.807, 2.05) is 31.2 Å². The SMILES string of the molecule is CC1CN(c2c(C#N)cnc3ccccc23)CC(CO)O1. The Morgan fingerprint density at radius 2 is 2.24 bits per heavy atom. The average molecular weight is 283 g/mol. The van der Waals surface area contributed by atoms with Crippen LogP contribution in [0, 0.1) is 11.3 Å². The van der Waals surface area contributed by atoms with Gasteiger partial charge in [0.05, 0.1) is 35.6 Å². The summed E-state index contributed by atoms with van der Waals surface area (Å²) in [5.41, 5.74) is 2.31. The van der Waals surface area contributed by atoms with Gasteiger partial charge in [0.25, 0.3) is 0 Å². The summed E-state index contributed by atoms with van der Waals surface area (Å²) in [7, 11) is 0. The molecular formula is C16H17N3O2. The molecule has 2 heterocycles. The lowest BCUT2D eigenvalue weighted by Crippen LogP contribution is -2.48. The van der Waals surface area contributed by atoms with Crippen LogP contribution in [0.15, 0.2) is 30.5 Å². The zero-order valence-electron chi connectivity index (χ0n) is 11.9. The van der Waals surface area contributed by atoms with E-state index in [1.165, 1.54) is 0 Å². The molecule has 3 rings (SSSR count). The first-order chi connectivity index (χ1) is 10.2. The number of aliphatic hydroxyl groups is 1. The Labute approximate surface area is 123 Å². The summed E-state index contributed by atoms with van der Waals surface area (Å²) < 4.78 is 5.68. The largest absolute Gasteiger partial charge is 0.394 e. The molecule has 0 bridgehead atoms. The third-order valence-corrected chi connectivity index (χ3v) is 3.71. The molecule has 0 aliphatic carbocycles. The molecule has 5 nitrogen and oxygen atoms in total. The zero-order chi connectivity index (χ0) is 14.8. The molecule has 1 fully saturated rings. The molecule has 1 aromatic carbocycles. The highest BCUT2D eigenvalue weighted by Gasteiger charge is 2.27. The molecule has 1 aliphatic rings. The fourth-order valence-corrected chi connectivity index (χ4v) is 2.88. The van der Waals surface area contributed by atoms with Crippen molar-refractivity contribution in [1.29, 1.82) is 5.26 Å². The Morgan fingerprint density at radius 3 is 3.00 bits per heavy atom. The molecule has 2 aromatic rings. The molecular weight excluding hydrogens is 266 g/mol. The Kier molecular flexibility index (Phi) is 3.74. The van der Waals surface area contributed by atoms with E-state index in [4.69, 9.17) is 4.74 Å². The van der Waals surface area contributed by atoms with Gasteiger partial charge in [0.15, 0.2) is 0 Å². The van der Waals surface area contributed by atoms with Crippen LogP contribution < -0.4 is 4.90 Å². The van der Waals surface area contributed by atoms with Crippen LogP contribution >= 0.6 is 0 Å². The van der Waals surface area contributed by atoms with Gasteiger partial charge in [0.2, 0.25) is 0 Å². The maximum Gasteiger partial charge on any atom is 0.103 e. The maximum absolute atomic E-state index is 9.40. The number of ether oxygens (including phenoxy) is 1. The Balaban J connectivity index is 2.12. The fraction of sp³-hybridized carbons (Fsp3) is 0.375. The Hall–Kier alpha value is -2.16. The number of aliphatic hydroxyl groups excluding tert-OH is 1. The molecule has 2 unspecified atom stereocenters. The van der Waals surface area contributed by atoms with Gasteiger partial charge in [0.1, 0.15) is 6.07 Å². The van der Waals surface area contributed by atoms with Crippen LogP contribution in [0.2, 0.25) is 0 Å². The van der Waals surface area contributed by atoms with Crippen LogP contribution in [-0.4, -0.2) is 42.0 Å². The van der Waals surface area contributed by atoms with Crippen molar-refractivity contribution in [3.05, 3.63) is 36.0 Å². The van der Waals surface area contributed by atoms with E-state index >= 15 is 0 Å². The van der Waals surface area contributed by atoms with Crippen LogP contribution in [0.1, 0.15) is 12.5 Å². The molecule has 0 spiro atoms. The highest BCUT2D eigenvalue weighted by molar-refractivity contribution is 5.94. The average Bonchev–Trinajstić information content (AvgIpc) is 2.53. The molecule has 1 saturated heterocycles. The van der Waals surface area contributed by atoms with E-state index < -0.39 is 0 Å². The quantitative estimate of drug-likeness (QED) is 0.908. The predicted octanol–water partition coefficient (Wildman–Crippen LogP) is 1.69. The summed E-state index contributed by atoms with van der Waals surface area (Å²) in [5, 5.41) is 19.7. The van der Waals surface area contributed by atoms with Crippen LogP contribution in [0.3, 0.4) is 0 Å². The monoisotopic (exact) mass is 283 g/mol. The molecule has 0 amide bonds. The van der Waals surface area contributed by atoms with Crippen molar-refractivity contribution in [2.24, 2.45) is 0 Å². The number of aromatic nitrogens is 1.